The second-order valence-electron chi connectivity index (χ2n) is 7.70. The smallest absolute Gasteiger partial charge is 0.407 e. The molecule has 1 rings (SSSR count). The number of hydrogen-bond donors (Lipinski definition) is 3. The predicted octanol–water partition coefficient (Wildman–Crippen LogP) is 3.26. The Labute approximate surface area is 169 Å². The lowest BCUT2D eigenvalue weighted by molar-refractivity contribution is 0.0522. The Kier molecular flexibility index (Phi) is 11.0. The third kappa shape index (κ3) is 11.4. The van der Waals surface area contributed by atoms with Crippen LogP contribution in [0.4, 0.5) is 4.79 Å². The third-order valence-electron chi connectivity index (χ3n) is 3.85. The van der Waals surface area contributed by atoms with Gasteiger partial charge in [0, 0.05) is 44.0 Å². The van der Waals surface area contributed by atoms with E-state index in [-0.39, 0.29) is 6.04 Å². The number of unbranched alkanes of at least 4 members (excludes halogenated alkanes) is 1. The highest BCUT2D eigenvalue weighted by Gasteiger charge is 2.18. The Morgan fingerprint density at radius 1 is 1.25 bits per heavy atom. The van der Waals surface area contributed by atoms with Crippen molar-refractivity contribution >= 4 is 12.1 Å². The van der Waals surface area contributed by atoms with E-state index in [1.54, 1.807) is 6.20 Å². The monoisotopic (exact) mass is 391 g/mol. The molecule has 1 aromatic rings. The van der Waals surface area contributed by atoms with Crippen molar-refractivity contribution in [2.24, 2.45) is 4.99 Å². The molecule has 1 unspecified atom stereocenters. The van der Waals surface area contributed by atoms with E-state index in [1.807, 2.05) is 45.9 Å². The molecule has 3 N–H and O–H groups in total. The number of aromatic nitrogens is 1. The molecule has 0 saturated heterocycles. The Hall–Kier alpha value is -2.31. The van der Waals surface area contributed by atoms with Crippen LogP contribution in [-0.2, 0) is 11.2 Å². The Balaban J connectivity index is 2.61. The number of pyridine rings is 1. The molecular formula is C21H37N5O2. The van der Waals surface area contributed by atoms with Gasteiger partial charge < -0.3 is 20.7 Å². The number of ether oxygens (including phenoxy) is 1. The minimum Gasteiger partial charge on any atom is -0.444 e. The van der Waals surface area contributed by atoms with Gasteiger partial charge >= 0.3 is 6.09 Å². The summed E-state index contributed by atoms with van der Waals surface area (Å²) in [4.78, 5) is 20.9. The molecule has 0 bridgehead atoms. The number of hydrogen-bond acceptors (Lipinski definition) is 4. The van der Waals surface area contributed by atoms with Crippen LogP contribution in [0, 0.1) is 0 Å². The summed E-state index contributed by atoms with van der Waals surface area (Å²) in [6.07, 6.45) is 5.29. The molecular weight excluding hydrogens is 354 g/mol. The van der Waals surface area contributed by atoms with Crippen molar-refractivity contribution in [1.29, 1.82) is 0 Å². The summed E-state index contributed by atoms with van der Waals surface area (Å²) in [5.41, 5.74) is 0.523. The number of nitrogens with one attached hydrogen (secondary N) is 3. The fourth-order valence-electron chi connectivity index (χ4n) is 2.54. The number of carbonyl (C=O) groups is 1. The summed E-state index contributed by atoms with van der Waals surface area (Å²) in [5, 5.41) is 9.58. The van der Waals surface area contributed by atoms with Crippen LogP contribution in [0.5, 0.6) is 0 Å². The molecule has 0 saturated carbocycles. The number of amides is 1. The Morgan fingerprint density at radius 3 is 2.64 bits per heavy atom. The zero-order valence-corrected chi connectivity index (χ0v) is 18.0. The van der Waals surface area contributed by atoms with Crippen LogP contribution in [0.3, 0.4) is 0 Å². The second-order valence-corrected chi connectivity index (χ2v) is 7.70. The summed E-state index contributed by atoms with van der Waals surface area (Å²) in [5.74, 6) is 0.755. The first-order valence-corrected chi connectivity index (χ1v) is 10.3. The van der Waals surface area contributed by atoms with Crippen LogP contribution >= 0.6 is 0 Å². The summed E-state index contributed by atoms with van der Waals surface area (Å²) in [6, 6.07) is 5.98. The van der Waals surface area contributed by atoms with E-state index in [2.05, 4.69) is 32.9 Å². The molecule has 0 aliphatic rings. The molecule has 158 valence electrons. The largest absolute Gasteiger partial charge is 0.444 e. The number of guanidine groups is 1. The van der Waals surface area contributed by atoms with Crippen molar-refractivity contribution in [3.05, 3.63) is 30.1 Å². The van der Waals surface area contributed by atoms with Gasteiger partial charge in [-0.1, -0.05) is 25.8 Å². The van der Waals surface area contributed by atoms with Crippen molar-refractivity contribution < 1.29 is 9.53 Å². The molecule has 7 heteroatoms. The maximum absolute atomic E-state index is 12.0. The summed E-state index contributed by atoms with van der Waals surface area (Å²) in [7, 11) is 0. The third-order valence-corrected chi connectivity index (χ3v) is 3.85. The molecule has 28 heavy (non-hydrogen) atoms. The SMILES string of the molecule is CCCCC(CNC(=O)OC(C)(C)C)NC(=NCCc1ccccn1)NCC. The quantitative estimate of drug-likeness (QED) is 0.421. The first-order valence-electron chi connectivity index (χ1n) is 10.3. The highest BCUT2D eigenvalue weighted by molar-refractivity contribution is 5.80. The van der Waals surface area contributed by atoms with Gasteiger partial charge in [0.15, 0.2) is 5.96 Å². The van der Waals surface area contributed by atoms with E-state index in [0.717, 1.165) is 43.9 Å². The topological polar surface area (TPSA) is 87.6 Å². The number of nitrogens with zero attached hydrogens (tertiary/aromatic N) is 2. The maximum atomic E-state index is 12.0. The summed E-state index contributed by atoms with van der Waals surface area (Å²) >= 11 is 0. The maximum Gasteiger partial charge on any atom is 0.407 e. The minimum absolute atomic E-state index is 0.0834. The van der Waals surface area contributed by atoms with Crippen molar-refractivity contribution in [3.63, 3.8) is 0 Å². The van der Waals surface area contributed by atoms with Gasteiger partial charge in [-0.05, 0) is 46.2 Å². The predicted molar refractivity (Wildman–Crippen MR) is 115 cm³/mol. The van der Waals surface area contributed by atoms with E-state index < -0.39 is 11.7 Å². The molecule has 0 fully saturated rings. The van der Waals surface area contributed by atoms with Crippen LogP contribution in [0.25, 0.3) is 0 Å². The van der Waals surface area contributed by atoms with E-state index in [9.17, 15) is 4.79 Å². The fraction of sp³-hybridized carbons (Fsp3) is 0.667. The number of carbonyl (C=O) groups excluding carboxylic acids is 1. The molecule has 1 aromatic heterocycles. The average Bonchev–Trinajstić information content (AvgIpc) is 2.63. The van der Waals surface area contributed by atoms with Crippen LogP contribution in [0.1, 0.15) is 59.6 Å². The molecule has 1 atom stereocenters. The molecule has 1 amide bonds. The van der Waals surface area contributed by atoms with E-state index in [1.165, 1.54) is 0 Å². The van der Waals surface area contributed by atoms with Crippen LogP contribution in [0.15, 0.2) is 29.4 Å². The molecule has 0 aliphatic heterocycles. The Morgan fingerprint density at radius 2 is 2.04 bits per heavy atom. The highest BCUT2D eigenvalue weighted by Crippen LogP contribution is 2.07. The lowest BCUT2D eigenvalue weighted by Gasteiger charge is -2.24. The van der Waals surface area contributed by atoms with Crippen LogP contribution in [0.2, 0.25) is 0 Å². The normalized spacial score (nSPS) is 13.0. The zero-order chi connectivity index (χ0) is 20.8. The van der Waals surface area contributed by atoms with Gasteiger partial charge in [0.25, 0.3) is 0 Å². The summed E-state index contributed by atoms with van der Waals surface area (Å²) < 4.78 is 5.33. The van der Waals surface area contributed by atoms with Gasteiger partial charge in [0.2, 0.25) is 0 Å². The molecule has 0 radical (unpaired) electrons. The van der Waals surface area contributed by atoms with E-state index in [0.29, 0.717) is 13.1 Å². The lowest BCUT2D eigenvalue weighted by atomic mass is 10.1. The van der Waals surface area contributed by atoms with Gasteiger partial charge in [0.1, 0.15) is 5.60 Å². The van der Waals surface area contributed by atoms with Crippen molar-refractivity contribution in [2.75, 3.05) is 19.6 Å². The number of aliphatic imine (C=N–C) groups is 1. The first kappa shape index (κ1) is 23.7. The Bertz CT molecular complexity index is 584. The second kappa shape index (κ2) is 13.0. The minimum atomic E-state index is -0.502. The summed E-state index contributed by atoms with van der Waals surface area (Å²) in [6.45, 7) is 11.7. The standard InChI is InChI=1S/C21H37N5O2/c1-6-8-11-18(16-25-20(27)28-21(3,4)5)26-19(22-7-2)24-15-13-17-12-9-10-14-23-17/h9-10,12,14,18H,6-8,11,13,15-16H2,1-5H3,(H,25,27)(H2,22,24,26). The number of rotatable bonds is 10. The van der Waals surface area contributed by atoms with Crippen molar-refractivity contribution in [2.45, 2.75) is 71.9 Å². The lowest BCUT2D eigenvalue weighted by Crippen LogP contribution is -2.49. The zero-order valence-electron chi connectivity index (χ0n) is 18.0. The van der Waals surface area contributed by atoms with E-state index in [4.69, 9.17) is 4.74 Å². The molecule has 0 spiro atoms. The first-order chi connectivity index (χ1) is 13.3. The fourth-order valence-corrected chi connectivity index (χ4v) is 2.54. The molecule has 7 nitrogen and oxygen atoms in total. The van der Waals surface area contributed by atoms with Crippen LogP contribution < -0.4 is 16.0 Å². The van der Waals surface area contributed by atoms with E-state index >= 15 is 0 Å². The van der Waals surface area contributed by atoms with Crippen LogP contribution in [-0.4, -0.2) is 48.3 Å². The molecule has 1 heterocycles. The van der Waals surface area contributed by atoms with Gasteiger partial charge in [-0.2, -0.15) is 0 Å². The van der Waals surface area contributed by atoms with Gasteiger partial charge in [0.05, 0.1) is 0 Å². The number of alkyl carbamates (subject to hydrolysis) is 1. The van der Waals surface area contributed by atoms with Crippen molar-refractivity contribution in [1.82, 2.24) is 20.9 Å². The molecule has 0 aromatic carbocycles. The van der Waals surface area contributed by atoms with Gasteiger partial charge in [-0.3, -0.25) is 9.98 Å². The van der Waals surface area contributed by atoms with Crippen molar-refractivity contribution in [3.8, 4) is 0 Å². The van der Waals surface area contributed by atoms with Gasteiger partial charge in [-0.25, -0.2) is 4.79 Å². The molecule has 0 aliphatic carbocycles. The van der Waals surface area contributed by atoms with Gasteiger partial charge in [-0.15, -0.1) is 0 Å². The average molecular weight is 392 g/mol. The highest BCUT2D eigenvalue weighted by atomic mass is 16.6.